The molecule has 1 aromatic rings. The van der Waals surface area contributed by atoms with Crippen molar-refractivity contribution in [1.29, 1.82) is 0 Å². The average Bonchev–Trinajstić information content (AvgIpc) is 2.30. The van der Waals surface area contributed by atoms with Gasteiger partial charge in [-0.15, -0.1) is 0 Å². The molecule has 0 bridgehead atoms. The van der Waals surface area contributed by atoms with Gasteiger partial charge in [0.05, 0.1) is 4.90 Å². The van der Waals surface area contributed by atoms with Crippen LogP contribution in [0.3, 0.4) is 0 Å². The van der Waals surface area contributed by atoms with Crippen molar-refractivity contribution in [2.45, 2.75) is 57.4 Å². The fourth-order valence-corrected chi connectivity index (χ4v) is 4.48. The normalized spacial score (nSPS) is 22.6. The summed E-state index contributed by atoms with van der Waals surface area (Å²) in [5.74, 6) is 0. The molecular formula is C15H24N2O2S. The Morgan fingerprint density at radius 3 is 2.55 bits per heavy atom. The highest BCUT2D eigenvalue weighted by molar-refractivity contribution is 7.89. The minimum Gasteiger partial charge on any atom is -0.399 e. The summed E-state index contributed by atoms with van der Waals surface area (Å²) >= 11 is 0. The van der Waals surface area contributed by atoms with Crippen molar-refractivity contribution in [2.75, 3.05) is 5.73 Å². The summed E-state index contributed by atoms with van der Waals surface area (Å²) in [7, 11) is -3.51. The predicted octanol–water partition coefficient (Wildman–Crippen LogP) is 2.82. The molecule has 0 aromatic heterocycles. The molecule has 0 heterocycles. The van der Waals surface area contributed by atoms with E-state index in [4.69, 9.17) is 5.73 Å². The zero-order valence-electron chi connectivity index (χ0n) is 12.4. The third kappa shape index (κ3) is 3.33. The van der Waals surface area contributed by atoms with E-state index in [1.165, 1.54) is 12.5 Å². The lowest BCUT2D eigenvalue weighted by Gasteiger charge is -2.38. The number of benzene rings is 1. The van der Waals surface area contributed by atoms with Crippen LogP contribution in [0.4, 0.5) is 5.69 Å². The predicted molar refractivity (Wildman–Crippen MR) is 81.9 cm³/mol. The van der Waals surface area contributed by atoms with Crippen LogP contribution in [-0.2, 0) is 10.0 Å². The molecule has 0 aliphatic heterocycles. The van der Waals surface area contributed by atoms with Crippen LogP contribution in [0.25, 0.3) is 0 Å². The first-order valence-electron chi connectivity index (χ1n) is 7.10. The number of nitrogen functional groups attached to an aromatic ring is 1. The van der Waals surface area contributed by atoms with Gasteiger partial charge >= 0.3 is 0 Å². The summed E-state index contributed by atoms with van der Waals surface area (Å²) in [6, 6.07) is 4.94. The van der Waals surface area contributed by atoms with E-state index in [0.29, 0.717) is 5.69 Å². The molecule has 1 aliphatic carbocycles. The highest BCUT2D eigenvalue weighted by atomic mass is 32.2. The van der Waals surface area contributed by atoms with E-state index in [2.05, 4.69) is 18.6 Å². The van der Waals surface area contributed by atoms with Gasteiger partial charge in [0.15, 0.2) is 0 Å². The number of rotatable bonds is 3. The van der Waals surface area contributed by atoms with Crippen molar-refractivity contribution in [3.63, 3.8) is 0 Å². The largest absolute Gasteiger partial charge is 0.399 e. The maximum atomic E-state index is 12.5. The molecule has 0 radical (unpaired) electrons. The molecule has 20 heavy (non-hydrogen) atoms. The van der Waals surface area contributed by atoms with E-state index in [-0.39, 0.29) is 16.4 Å². The van der Waals surface area contributed by atoms with Gasteiger partial charge in [0.2, 0.25) is 10.0 Å². The van der Waals surface area contributed by atoms with Crippen LogP contribution in [0.5, 0.6) is 0 Å². The Morgan fingerprint density at radius 1 is 1.25 bits per heavy atom. The second-order valence-electron chi connectivity index (χ2n) is 6.49. The Balaban J connectivity index is 2.26. The number of hydrogen-bond donors (Lipinski definition) is 2. The van der Waals surface area contributed by atoms with Crippen LogP contribution in [0.15, 0.2) is 23.1 Å². The van der Waals surface area contributed by atoms with Gasteiger partial charge in [-0.1, -0.05) is 26.7 Å². The second kappa shape index (κ2) is 5.37. The van der Waals surface area contributed by atoms with Crippen LogP contribution >= 0.6 is 0 Å². The van der Waals surface area contributed by atoms with Crippen LogP contribution in [0.2, 0.25) is 0 Å². The second-order valence-corrected chi connectivity index (χ2v) is 8.20. The van der Waals surface area contributed by atoms with Crippen LogP contribution < -0.4 is 10.5 Å². The monoisotopic (exact) mass is 296 g/mol. The first-order chi connectivity index (χ1) is 9.21. The molecule has 1 aliphatic rings. The van der Waals surface area contributed by atoms with Crippen molar-refractivity contribution in [3.8, 4) is 0 Å². The van der Waals surface area contributed by atoms with E-state index in [9.17, 15) is 8.42 Å². The molecule has 5 heteroatoms. The van der Waals surface area contributed by atoms with E-state index in [1.807, 2.05) is 6.92 Å². The molecule has 3 N–H and O–H groups in total. The molecule has 1 atom stereocenters. The average molecular weight is 296 g/mol. The molecule has 1 saturated carbocycles. The molecule has 0 spiro atoms. The van der Waals surface area contributed by atoms with Crippen molar-refractivity contribution < 1.29 is 8.42 Å². The summed E-state index contributed by atoms with van der Waals surface area (Å²) in [6.45, 7) is 6.10. The van der Waals surface area contributed by atoms with Crippen LogP contribution in [0.1, 0.15) is 45.1 Å². The Morgan fingerprint density at radius 2 is 1.95 bits per heavy atom. The number of sulfonamides is 1. The number of aryl methyl sites for hydroxylation is 1. The molecule has 2 rings (SSSR count). The van der Waals surface area contributed by atoms with Gasteiger partial charge in [-0.3, -0.25) is 0 Å². The quantitative estimate of drug-likeness (QED) is 0.842. The van der Waals surface area contributed by atoms with E-state index in [0.717, 1.165) is 24.8 Å². The summed E-state index contributed by atoms with van der Waals surface area (Å²) < 4.78 is 27.9. The Labute approximate surface area is 121 Å². The maximum Gasteiger partial charge on any atom is 0.240 e. The first-order valence-corrected chi connectivity index (χ1v) is 8.58. The smallest absolute Gasteiger partial charge is 0.240 e. The molecule has 1 aromatic carbocycles. The molecule has 112 valence electrons. The topological polar surface area (TPSA) is 72.2 Å². The lowest BCUT2D eigenvalue weighted by atomic mass is 9.74. The fraction of sp³-hybridized carbons (Fsp3) is 0.600. The molecule has 0 saturated heterocycles. The number of nitrogens with one attached hydrogen (secondary N) is 1. The van der Waals surface area contributed by atoms with E-state index < -0.39 is 10.0 Å². The maximum absolute atomic E-state index is 12.5. The third-order valence-electron chi connectivity index (χ3n) is 4.19. The van der Waals surface area contributed by atoms with Crippen molar-refractivity contribution in [1.82, 2.24) is 4.72 Å². The number of nitrogens with two attached hydrogens (primary N) is 1. The van der Waals surface area contributed by atoms with E-state index in [1.54, 1.807) is 12.1 Å². The molecule has 1 unspecified atom stereocenters. The summed E-state index contributed by atoms with van der Waals surface area (Å²) in [6.07, 6.45) is 4.19. The van der Waals surface area contributed by atoms with Gasteiger partial charge in [-0.25, -0.2) is 13.1 Å². The highest BCUT2D eigenvalue weighted by Gasteiger charge is 2.35. The molecule has 1 fully saturated rings. The van der Waals surface area contributed by atoms with Gasteiger partial charge in [0.1, 0.15) is 0 Å². The highest BCUT2D eigenvalue weighted by Crippen LogP contribution is 2.36. The van der Waals surface area contributed by atoms with Crippen LogP contribution in [0, 0.1) is 12.3 Å². The Kier molecular flexibility index (Phi) is 4.12. The lowest BCUT2D eigenvalue weighted by Crippen LogP contribution is -2.46. The minimum absolute atomic E-state index is 0.000684. The minimum atomic E-state index is -3.51. The zero-order valence-corrected chi connectivity index (χ0v) is 13.3. The molecule has 4 nitrogen and oxygen atoms in total. The number of hydrogen-bond acceptors (Lipinski definition) is 3. The van der Waals surface area contributed by atoms with Gasteiger partial charge in [-0.2, -0.15) is 0 Å². The van der Waals surface area contributed by atoms with Gasteiger partial charge in [-0.05, 0) is 48.9 Å². The summed E-state index contributed by atoms with van der Waals surface area (Å²) in [5.41, 5.74) is 7.09. The Bertz CT molecular complexity index is 574. The Hall–Kier alpha value is -1.07. The number of anilines is 1. The summed E-state index contributed by atoms with van der Waals surface area (Å²) in [4.78, 5) is 0.261. The fourth-order valence-electron chi connectivity index (χ4n) is 2.90. The van der Waals surface area contributed by atoms with Gasteiger partial charge in [0.25, 0.3) is 0 Å². The van der Waals surface area contributed by atoms with Crippen LogP contribution in [-0.4, -0.2) is 14.5 Å². The summed E-state index contributed by atoms with van der Waals surface area (Å²) in [5, 5.41) is 0. The van der Waals surface area contributed by atoms with Crippen molar-refractivity contribution in [3.05, 3.63) is 23.8 Å². The van der Waals surface area contributed by atoms with E-state index >= 15 is 0 Å². The van der Waals surface area contributed by atoms with Gasteiger partial charge in [0, 0.05) is 11.7 Å². The van der Waals surface area contributed by atoms with Crippen molar-refractivity contribution >= 4 is 15.7 Å². The molecule has 0 amide bonds. The SMILES string of the molecule is Cc1cc(N)cc(S(=O)(=O)NC2CCCCC2(C)C)c1. The van der Waals surface area contributed by atoms with Gasteiger partial charge < -0.3 is 5.73 Å². The third-order valence-corrected chi connectivity index (χ3v) is 5.64. The van der Waals surface area contributed by atoms with Crippen molar-refractivity contribution in [2.24, 2.45) is 5.41 Å². The molecular weight excluding hydrogens is 272 g/mol. The lowest BCUT2D eigenvalue weighted by molar-refractivity contribution is 0.188. The standard InChI is InChI=1S/C15H24N2O2S/c1-11-8-12(16)10-13(9-11)20(18,19)17-14-6-4-5-7-15(14,2)3/h8-10,14,17H,4-7,16H2,1-3H3. The zero-order chi connectivity index (χ0) is 15.0. The first kappa shape index (κ1) is 15.3.